The zero-order valence-electron chi connectivity index (χ0n) is 35.4. The third kappa shape index (κ3) is 7.04. The maximum atomic E-state index is 5.33. The van der Waals surface area contributed by atoms with Crippen LogP contribution in [0, 0.1) is 0 Å². The molecule has 0 radical (unpaired) electrons. The first-order valence-electron chi connectivity index (χ1n) is 22.0. The Morgan fingerprint density at radius 3 is 1.25 bits per heavy atom. The van der Waals surface area contributed by atoms with Crippen molar-refractivity contribution in [2.75, 3.05) is 4.90 Å². The summed E-state index contributed by atoms with van der Waals surface area (Å²) in [6.07, 6.45) is 0. The molecule has 0 saturated heterocycles. The highest BCUT2D eigenvalue weighted by atomic mass is 15.1. The molecule has 0 N–H and O–H groups in total. The van der Waals surface area contributed by atoms with Crippen LogP contribution in [0.2, 0.25) is 0 Å². The van der Waals surface area contributed by atoms with E-state index in [2.05, 4.69) is 211 Å². The van der Waals surface area contributed by atoms with Crippen LogP contribution >= 0.6 is 0 Å². The summed E-state index contributed by atoms with van der Waals surface area (Å²) in [6, 6.07) is 86.0. The van der Waals surface area contributed by atoms with E-state index < -0.39 is 0 Å². The second-order valence-electron chi connectivity index (χ2n) is 16.4. The quantitative estimate of drug-likeness (QED) is 0.145. The van der Waals surface area contributed by atoms with E-state index in [1.54, 1.807) is 0 Å². The Kier molecular flexibility index (Phi) is 9.46. The molecule has 1 aromatic heterocycles. The Balaban J connectivity index is 1.08. The molecule has 0 unspecified atom stereocenters. The molecule has 0 fully saturated rings. The number of aromatic nitrogens is 3. The van der Waals surface area contributed by atoms with Gasteiger partial charge in [0.15, 0.2) is 17.5 Å². The molecule has 304 valence electrons. The predicted molar refractivity (Wildman–Crippen MR) is 269 cm³/mol. The largest absolute Gasteiger partial charge is 0.310 e. The third-order valence-electron chi connectivity index (χ3n) is 12.4. The van der Waals surface area contributed by atoms with Crippen molar-refractivity contribution in [1.29, 1.82) is 0 Å². The third-order valence-corrected chi connectivity index (χ3v) is 12.4. The summed E-state index contributed by atoms with van der Waals surface area (Å²) < 4.78 is 0. The Bertz CT molecular complexity index is 3440. The predicted octanol–water partition coefficient (Wildman–Crippen LogP) is 16.1. The van der Waals surface area contributed by atoms with E-state index in [-0.39, 0.29) is 0 Å². The summed E-state index contributed by atoms with van der Waals surface area (Å²) in [6.45, 7) is 0. The summed E-state index contributed by atoms with van der Waals surface area (Å²) in [5, 5.41) is 2.44. The maximum Gasteiger partial charge on any atom is 0.164 e. The van der Waals surface area contributed by atoms with E-state index in [1.807, 2.05) is 36.4 Å². The van der Waals surface area contributed by atoms with Crippen molar-refractivity contribution in [2.45, 2.75) is 0 Å². The van der Waals surface area contributed by atoms with Gasteiger partial charge in [0.25, 0.3) is 0 Å². The highest BCUT2D eigenvalue weighted by molar-refractivity contribution is 6.18. The first kappa shape index (κ1) is 38.0. The molecule has 1 aliphatic carbocycles. The van der Waals surface area contributed by atoms with Crippen LogP contribution in [-0.4, -0.2) is 15.0 Å². The molecule has 4 heteroatoms. The van der Waals surface area contributed by atoms with Gasteiger partial charge < -0.3 is 4.90 Å². The molecule has 0 spiro atoms. The molecule has 4 nitrogen and oxygen atoms in total. The Labute approximate surface area is 378 Å². The lowest BCUT2D eigenvalue weighted by molar-refractivity contribution is 1.07. The summed E-state index contributed by atoms with van der Waals surface area (Å²) in [5.74, 6) is 1.87. The minimum Gasteiger partial charge on any atom is -0.310 e. The molecule has 0 atom stereocenters. The standard InChI is InChI=1S/C61H40N4/c1-5-16-41(17-6-1)43-30-32-44(33-31-43)45-34-36-50(37-35-45)65(51-27-13-26-49(38-51)42-18-7-2-8-19-42)52-39-55-53-28-14-24-46-25-15-29-54(57(46)53)58(55)56(40-52)61-63-59(47-20-9-3-10-21-47)62-60(64-61)48-22-11-4-12-23-48/h1-40H. The van der Waals surface area contributed by atoms with Gasteiger partial charge in [-0.25, -0.2) is 15.0 Å². The average molecular weight is 829 g/mol. The molecular formula is C61H40N4. The molecular weight excluding hydrogens is 789 g/mol. The Morgan fingerprint density at radius 2 is 0.677 bits per heavy atom. The lowest BCUT2D eigenvalue weighted by atomic mass is 9.95. The second-order valence-corrected chi connectivity index (χ2v) is 16.4. The lowest BCUT2D eigenvalue weighted by Gasteiger charge is -2.28. The average Bonchev–Trinajstić information content (AvgIpc) is 3.72. The second kappa shape index (κ2) is 16.2. The molecule has 12 rings (SSSR count). The summed E-state index contributed by atoms with van der Waals surface area (Å²) in [7, 11) is 0. The van der Waals surface area contributed by atoms with Crippen LogP contribution in [0.1, 0.15) is 0 Å². The monoisotopic (exact) mass is 828 g/mol. The van der Waals surface area contributed by atoms with Gasteiger partial charge in [0.2, 0.25) is 0 Å². The van der Waals surface area contributed by atoms with Crippen LogP contribution in [0.25, 0.3) is 101 Å². The molecule has 65 heavy (non-hydrogen) atoms. The lowest BCUT2D eigenvalue weighted by Crippen LogP contribution is -2.11. The van der Waals surface area contributed by atoms with Crippen molar-refractivity contribution in [3.05, 3.63) is 243 Å². The first-order chi connectivity index (χ1) is 32.2. The van der Waals surface area contributed by atoms with E-state index >= 15 is 0 Å². The normalized spacial score (nSPS) is 11.4. The molecule has 0 aliphatic heterocycles. The van der Waals surface area contributed by atoms with Gasteiger partial charge in [-0.2, -0.15) is 0 Å². The fourth-order valence-corrected chi connectivity index (χ4v) is 9.33. The van der Waals surface area contributed by atoms with Gasteiger partial charge in [0.05, 0.1) is 0 Å². The van der Waals surface area contributed by atoms with Crippen molar-refractivity contribution < 1.29 is 0 Å². The zero-order valence-corrected chi connectivity index (χ0v) is 35.4. The van der Waals surface area contributed by atoms with E-state index in [1.165, 1.54) is 33.0 Å². The van der Waals surface area contributed by atoms with Gasteiger partial charge >= 0.3 is 0 Å². The van der Waals surface area contributed by atoms with E-state index in [9.17, 15) is 0 Å². The van der Waals surface area contributed by atoms with Gasteiger partial charge in [-0.15, -0.1) is 0 Å². The molecule has 1 heterocycles. The van der Waals surface area contributed by atoms with Crippen LogP contribution in [0.3, 0.4) is 0 Å². The molecule has 0 amide bonds. The number of fused-ring (bicyclic) bond motifs is 3. The van der Waals surface area contributed by atoms with Crippen LogP contribution in [-0.2, 0) is 0 Å². The minimum atomic E-state index is 0.618. The first-order valence-corrected chi connectivity index (χ1v) is 22.0. The highest BCUT2D eigenvalue weighted by Gasteiger charge is 2.29. The van der Waals surface area contributed by atoms with Gasteiger partial charge in [-0.1, -0.05) is 206 Å². The highest BCUT2D eigenvalue weighted by Crippen LogP contribution is 2.53. The number of nitrogens with zero attached hydrogens (tertiary/aromatic N) is 4. The summed E-state index contributed by atoms with van der Waals surface area (Å²) in [4.78, 5) is 18.1. The number of rotatable bonds is 9. The zero-order chi connectivity index (χ0) is 43.1. The molecule has 0 saturated carbocycles. The van der Waals surface area contributed by atoms with Gasteiger partial charge in [-0.05, 0) is 97.2 Å². The van der Waals surface area contributed by atoms with Gasteiger partial charge in [0.1, 0.15) is 0 Å². The number of hydrogen-bond acceptors (Lipinski definition) is 4. The fourth-order valence-electron chi connectivity index (χ4n) is 9.33. The Morgan fingerprint density at radius 1 is 0.246 bits per heavy atom. The van der Waals surface area contributed by atoms with Crippen molar-refractivity contribution in [3.63, 3.8) is 0 Å². The van der Waals surface area contributed by atoms with Crippen molar-refractivity contribution >= 4 is 27.8 Å². The molecule has 10 aromatic carbocycles. The SMILES string of the molecule is c1ccc(-c2ccc(-c3ccc(N(c4cccc(-c5ccccc5)c4)c4cc(-c5nc(-c6ccccc6)nc(-c6ccccc6)n5)c5c(c4)-c4cccc6cccc-5c46)cc3)cc2)cc1. The van der Waals surface area contributed by atoms with Crippen LogP contribution in [0.15, 0.2) is 243 Å². The Hall–Kier alpha value is -8.73. The van der Waals surface area contributed by atoms with Gasteiger partial charge in [0, 0.05) is 39.3 Å². The summed E-state index contributed by atoms with van der Waals surface area (Å²) >= 11 is 0. The van der Waals surface area contributed by atoms with Crippen molar-refractivity contribution in [3.8, 4) is 89.8 Å². The molecule has 1 aliphatic rings. The van der Waals surface area contributed by atoms with Gasteiger partial charge in [-0.3, -0.25) is 0 Å². The number of benzene rings is 10. The van der Waals surface area contributed by atoms with Crippen molar-refractivity contribution in [1.82, 2.24) is 15.0 Å². The van der Waals surface area contributed by atoms with Crippen LogP contribution < -0.4 is 4.90 Å². The van der Waals surface area contributed by atoms with E-state index in [4.69, 9.17) is 15.0 Å². The minimum absolute atomic E-state index is 0.618. The number of hydrogen-bond donors (Lipinski definition) is 0. The van der Waals surface area contributed by atoms with Crippen LogP contribution in [0.5, 0.6) is 0 Å². The molecule has 0 bridgehead atoms. The van der Waals surface area contributed by atoms with Crippen LogP contribution in [0.4, 0.5) is 17.1 Å². The topological polar surface area (TPSA) is 41.9 Å². The summed E-state index contributed by atoms with van der Waals surface area (Å²) in [5.41, 5.74) is 17.5. The molecule has 11 aromatic rings. The smallest absolute Gasteiger partial charge is 0.164 e. The maximum absolute atomic E-state index is 5.33. The van der Waals surface area contributed by atoms with Crippen molar-refractivity contribution in [2.24, 2.45) is 0 Å². The fraction of sp³-hybridized carbons (Fsp3) is 0. The van der Waals surface area contributed by atoms with E-state index in [0.717, 1.165) is 67.1 Å². The number of anilines is 3. The van der Waals surface area contributed by atoms with E-state index in [0.29, 0.717) is 17.5 Å².